The molecule has 180 valence electrons. The smallest absolute Gasteiger partial charge is 0.242 e. The number of halogens is 2. The standard InChI is InChI=1S/C27H36Cl2N2O2/c1-5-7-16-30-27(33)25(6-2)31(18-21-10-14-23(28)24(29)17-21)26(32)15-11-20-8-12-22(13-9-20)19(3)4/h8-10,12-14,17,19,25H,5-7,11,15-16,18H2,1-4H3,(H,30,33)/t25-/m1/s1. The number of nitrogens with one attached hydrogen (secondary N) is 1. The minimum Gasteiger partial charge on any atom is -0.354 e. The zero-order chi connectivity index (χ0) is 24.4. The zero-order valence-electron chi connectivity index (χ0n) is 20.2. The van der Waals surface area contributed by atoms with E-state index >= 15 is 0 Å². The summed E-state index contributed by atoms with van der Waals surface area (Å²) in [4.78, 5) is 28.0. The van der Waals surface area contributed by atoms with Gasteiger partial charge in [0.05, 0.1) is 10.0 Å². The van der Waals surface area contributed by atoms with Gasteiger partial charge in [0.25, 0.3) is 0 Å². The van der Waals surface area contributed by atoms with Gasteiger partial charge in [-0.05, 0) is 54.0 Å². The Balaban J connectivity index is 2.18. The van der Waals surface area contributed by atoms with Crippen molar-refractivity contribution in [1.29, 1.82) is 0 Å². The molecule has 0 aromatic heterocycles. The van der Waals surface area contributed by atoms with Crippen LogP contribution in [-0.4, -0.2) is 29.3 Å². The van der Waals surface area contributed by atoms with Crippen LogP contribution < -0.4 is 5.32 Å². The zero-order valence-corrected chi connectivity index (χ0v) is 21.7. The first kappa shape index (κ1) is 27.2. The maximum atomic E-state index is 13.4. The van der Waals surface area contributed by atoms with Gasteiger partial charge in [-0.25, -0.2) is 0 Å². The SMILES string of the molecule is CCCCNC(=O)[C@@H](CC)N(Cc1ccc(Cl)c(Cl)c1)C(=O)CCc1ccc(C(C)C)cc1. The fourth-order valence-electron chi connectivity index (χ4n) is 3.72. The lowest BCUT2D eigenvalue weighted by molar-refractivity contribution is -0.141. The minimum absolute atomic E-state index is 0.0495. The highest BCUT2D eigenvalue weighted by atomic mass is 35.5. The fourth-order valence-corrected chi connectivity index (χ4v) is 4.05. The van der Waals surface area contributed by atoms with Gasteiger partial charge in [-0.3, -0.25) is 9.59 Å². The van der Waals surface area contributed by atoms with Crippen LogP contribution in [-0.2, 0) is 22.6 Å². The number of unbranched alkanes of at least 4 members (excludes halogenated alkanes) is 1. The van der Waals surface area contributed by atoms with Crippen molar-refractivity contribution in [3.05, 3.63) is 69.2 Å². The summed E-state index contributed by atoms with van der Waals surface area (Å²) in [6.45, 7) is 9.26. The van der Waals surface area contributed by atoms with Gasteiger partial charge in [-0.2, -0.15) is 0 Å². The molecule has 0 aliphatic carbocycles. The largest absolute Gasteiger partial charge is 0.354 e. The van der Waals surface area contributed by atoms with Gasteiger partial charge in [0.15, 0.2) is 0 Å². The van der Waals surface area contributed by atoms with Crippen LogP contribution in [0.25, 0.3) is 0 Å². The first-order valence-corrected chi connectivity index (χ1v) is 12.6. The quantitative estimate of drug-likeness (QED) is 0.333. The fraction of sp³-hybridized carbons (Fsp3) is 0.481. The third-order valence-electron chi connectivity index (χ3n) is 5.83. The Labute approximate surface area is 208 Å². The molecule has 0 unspecified atom stereocenters. The topological polar surface area (TPSA) is 49.4 Å². The molecule has 0 spiro atoms. The molecule has 1 atom stereocenters. The van der Waals surface area contributed by atoms with Gasteiger partial charge >= 0.3 is 0 Å². The lowest BCUT2D eigenvalue weighted by Gasteiger charge is -2.31. The van der Waals surface area contributed by atoms with Crippen molar-refractivity contribution in [1.82, 2.24) is 10.2 Å². The van der Waals surface area contributed by atoms with Crippen LogP contribution in [0.1, 0.15) is 76.0 Å². The summed E-state index contributed by atoms with van der Waals surface area (Å²) in [5, 5.41) is 3.89. The summed E-state index contributed by atoms with van der Waals surface area (Å²) in [6, 6.07) is 13.2. The average molecular weight is 492 g/mol. The van der Waals surface area contributed by atoms with Gasteiger partial charge in [-0.15, -0.1) is 0 Å². The summed E-state index contributed by atoms with van der Waals surface area (Å²) < 4.78 is 0. The van der Waals surface area contributed by atoms with Crippen LogP contribution in [0.2, 0.25) is 10.0 Å². The number of nitrogens with zero attached hydrogens (tertiary/aromatic N) is 1. The molecule has 6 heteroatoms. The molecule has 2 amide bonds. The molecule has 4 nitrogen and oxygen atoms in total. The number of rotatable bonds is 12. The van der Waals surface area contributed by atoms with E-state index in [2.05, 4.69) is 50.4 Å². The molecule has 2 aromatic rings. The van der Waals surface area contributed by atoms with E-state index in [1.807, 2.05) is 13.0 Å². The second-order valence-electron chi connectivity index (χ2n) is 8.74. The van der Waals surface area contributed by atoms with Crippen LogP contribution in [0.5, 0.6) is 0 Å². The monoisotopic (exact) mass is 490 g/mol. The van der Waals surface area contributed by atoms with Crippen molar-refractivity contribution in [2.75, 3.05) is 6.54 Å². The number of carbonyl (C=O) groups excluding carboxylic acids is 2. The van der Waals surface area contributed by atoms with E-state index in [1.165, 1.54) is 5.56 Å². The molecule has 0 saturated carbocycles. The van der Waals surface area contributed by atoms with E-state index in [-0.39, 0.29) is 11.8 Å². The van der Waals surface area contributed by atoms with Crippen molar-refractivity contribution in [3.8, 4) is 0 Å². The number of hydrogen-bond acceptors (Lipinski definition) is 2. The number of carbonyl (C=O) groups is 2. The third kappa shape index (κ3) is 8.35. The molecule has 2 rings (SSSR count). The molecule has 0 fully saturated rings. The Morgan fingerprint density at radius 1 is 0.970 bits per heavy atom. The second kappa shape index (κ2) is 13.6. The van der Waals surface area contributed by atoms with Gasteiger partial charge in [0.1, 0.15) is 6.04 Å². The number of amides is 2. The highest BCUT2D eigenvalue weighted by molar-refractivity contribution is 6.42. The number of benzene rings is 2. The van der Waals surface area contributed by atoms with Crippen LogP contribution in [0, 0.1) is 0 Å². The van der Waals surface area contributed by atoms with E-state index in [1.54, 1.807) is 17.0 Å². The summed E-state index contributed by atoms with van der Waals surface area (Å²) in [6.07, 6.45) is 3.41. The van der Waals surface area contributed by atoms with E-state index in [0.29, 0.717) is 48.3 Å². The summed E-state index contributed by atoms with van der Waals surface area (Å²) in [5.41, 5.74) is 3.24. The van der Waals surface area contributed by atoms with E-state index in [4.69, 9.17) is 23.2 Å². The van der Waals surface area contributed by atoms with Crippen molar-refractivity contribution in [2.45, 2.75) is 78.3 Å². The summed E-state index contributed by atoms with van der Waals surface area (Å²) >= 11 is 12.3. The molecule has 0 bridgehead atoms. The number of aryl methyl sites for hydroxylation is 1. The van der Waals surface area contributed by atoms with Gasteiger partial charge < -0.3 is 10.2 Å². The molecule has 2 aromatic carbocycles. The van der Waals surface area contributed by atoms with Crippen LogP contribution in [0.3, 0.4) is 0 Å². The first-order chi connectivity index (χ1) is 15.8. The van der Waals surface area contributed by atoms with Crippen LogP contribution in [0.15, 0.2) is 42.5 Å². The van der Waals surface area contributed by atoms with Crippen LogP contribution in [0.4, 0.5) is 0 Å². The Bertz CT molecular complexity index is 913. The number of hydrogen-bond donors (Lipinski definition) is 1. The normalized spacial score (nSPS) is 12.0. The molecule has 0 aliphatic rings. The minimum atomic E-state index is -0.535. The Hall–Kier alpha value is -2.04. The molecular weight excluding hydrogens is 455 g/mol. The van der Waals surface area contributed by atoms with E-state index in [0.717, 1.165) is 24.0 Å². The molecule has 0 heterocycles. The predicted molar refractivity (Wildman–Crippen MR) is 138 cm³/mol. The molecule has 33 heavy (non-hydrogen) atoms. The lowest BCUT2D eigenvalue weighted by Crippen LogP contribution is -2.49. The maximum absolute atomic E-state index is 13.4. The van der Waals surface area contributed by atoms with Gasteiger partial charge in [0, 0.05) is 19.5 Å². The third-order valence-corrected chi connectivity index (χ3v) is 6.57. The first-order valence-electron chi connectivity index (χ1n) is 11.9. The molecule has 0 aliphatic heterocycles. The Kier molecular flexibility index (Phi) is 11.2. The lowest BCUT2D eigenvalue weighted by atomic mass is 10.00. The van der Waals surface area contributed by atoms with E-state index in [9.17, 15) is 9.59 Å². The van der Waals surface area contributed by atoms with Crippen molar-refractivity contribution in [2.24, 2.45) is 0 Å². The molecule has 0 radical (unpaired) electrons. The highest BCUT2D eigenvalue weighted by Crippen LogP contribution is 2.24. The van der Waals surface area contributed by atoms with Gasteiger partial charge in [0.2, 0.25) is 11.8 Å². The van der Waals surface area contributed by atoms with E-state index < -0.39 is 6.04 Å². The van der Waals surface area contributed by atoms with Crippen LogP contribution >= 0.6 is 23.2 Å². The van der Waals surface area contributed by atoms with Gasteiger partial charge in [-0.1, -0.05) is 87.6 Å². The molecule has 1 N–H and O–H groups in total. The maximum Gasteiger partial charge on any atom is 0.242 e. The highest BCUT2D eigenvalue weighted by Gasteiger charge is 2.28. The Morgan fingerprint density at radius 3 is 2.21 bits per heavy atom. The summed E-state index contributed by atoms with van der Waals surface area (Å²) in [5.74, 6) is 0.311. The van der Waals surface area contributed by atoms with Crippen molar-refractivity contribution in [3.63, 3.8) is 0 Å². The van der Waals surface area contributed by atoms with Crippen molar-refractivity contribution < 1.29 is 9.59 Å². The van der Waals surface area contributed by atoms with Crippen molar-refractivity contribution >= 4 is 35.0 Å². The second-order valence-corrected chi connectivity index (χ2v) is 9.55. The predicted octanol–water partition coefficient (Wildman–Crippen LogP) is 6.77. The average Bonchev–Trinajstić information content (AvgIpc) is 2.80. The Morgan fingerprint density at radius 2 is 1.64 bits per heavy atom. The summed E-state index contributed by atoms with van der Waals surface area (Å²) in [7, 11) is 0. The molecular formula is C27H36Cl2N2O2. The molecule has 0 saturated heterocycles.